The second kappa shape index (κ2) is 8.08. The minimum absolute atomic E-state index is 0.00865. The summed E-state index contributed by atoms with van der Waals surface area (Å²) in [7, 11) is 1.68. The van der Waals surface area contributed by atoms with Gasteiger partial charge in [0.15, 0.2) is 0 Å². The lowest BCUT2D eigenvalue weighted by Gasteiger charge is -2.31. The molecule has 0 aromatic heterocycles. The molecule has 104 valence electrons. The molecule has 0 spiro atoms. The van der Waals surface area contributed by atoms with Crippen LogP contribution in [0.2, 0.25) is 0 Å². The number of unbranched alkanes of at least 4 members (excludes halogenated alkanes) is 1. The first-order valence-corrected chi connectivity index (χ1v) is 6.67. The van der Waals surface area contributed by atoms with E-state index in [2.05, 4.69) is 5.32 Å². The fraction of sp³-hybridized carbons (Fsp3) is 0.846. The highest BCUT2D eigenvalue weighted by Gasteiger charge is 2.25. The molecular weight excluding hydrogens is 234 g/mol. The molecule has 0 saturated heterocycles. The molecule has 0 aromatic rings. The third kappa shape index (κ3) is 5.49. The Labute approximate surface area is 108 Å². The highest BCUT2D eigenvalue weighted by Crippen LogP contribution is 2.20. The number of carboxylic acid groups (broad SMARTS) is 1. The molecule has 1 aliphatic rings. The van der Waals surface area contributed by atoms with Crippen molar-refractivity contribution in [3.05, 3.63) is 0 Å². The number of nitrogens with one attached hydrogen (secondary N) is 1. The van der Waals surface area contributed by atoms with Crippen molar-refractivity contribution in [2.24, 2.45) is 0 Å². The number of hydrogen-bond donors (Lipinski definition) is 2. The molecule has 5 nitrogen and oxygen atoms in total. The van der Waals surface area contributed by atoms with Crippen molar-refractivity contribution in [3.63, 3.8) is 0 Å². The van der Waals surface area contributed by atoms with Crippen LogP contribution in [0.15, 0.2) is 0 Å². The molecule has 5 heteroatoms. The maximum Gasteiger partial charge on any atom is 0.303 e. The van der Waals surface area contributed by atoms with E-state index in [1.807, 2.05) is 0 Å². The molecule has 18 heavy (non-hydrogen) atoms. The molecule has 2 atom stereocenters. The van der Waals surface area contributed by atoms with Gasteiger partial charge in [0.05, 0.1) is 12.1 Å². The Morgan fingerprint density at radius 3 is 2.56 bits per heavy atom. The van der Waals surface area contributed by atoms with Crippen LogP contribution in [0.25, 0.3) is 0 Å². The summed E-state index contributed by atoms with van der Waals surface area (Å²) >= 11 is 0. The summed E-state index contributed by atoms with van der Waals surface area (Å²) < 4.78 is 5.37. The zero-order valence-electron chi connectivity index (χ0n) is 11.0. The largest absolute Gasteiger partial charge is 0.481 e. The van der Waals surface area contributed by atoms with E-state index in [1.165, 1.54) is 0 Å². The van der Waals surface area contributed by atoms with Crippen LogP contribution in [-0.4, -0.2) is 36.2 Å². The first kappa shape index (κ1) is 15.0. The number of amides is 1. The molecule has 0 bridgehead atoms. The minimum atomic E-state index is -0.804. The van der Waals surface area contributed by atoms with E-state index in [-0.39, 0.29) is 24.5 Å². The maximum atomic E-state index is 11.7. The Bertz CT molecular complexity index is 280. The van der Waals surface area contributed by atoms with E-state index in [0.717, 1.165) is 25.7 Å². The van der Waals surface area contributed by atoms with Crippen molar-refractivity contribution in [2.75, 3.05) is 7.11 Å². The van der Waals surface area contributed by atoms with Gasteiger partial charge in [0.1, 0.15) is 0 Å². The summed E-state index contributed by atoms with van der Waals surface area (Å²) in [6, 6.07) is 0.121. The molecule has 1 aliphatic carbocycles. The van der Waals surface area contributed by atoms with Gasteiger partial charge < -0.3 is 15.2 Å². The number of rotatable bonds is 7. The Kier molecular flexibility index (Phi) is 6.72. The SMILES string of the molecule is CO[C@H]1CCCC[C@@H]1NC(=O)CCCCC(=O)O. The van der Waals surface area contributed by atoms with Crippen LogP contribution in [0.4, 0.5) is 0 Å². The maximum absolute atomic E-state index is 11.7. The van der Waals surface area contributed by atoms with E-state index in [9.17, 15) is 9.59 Å². The van der Waals surface area contributed by atoms with Crippen molar-refractivity contribution < 1.29 is 19.4 Å². The minimum Gasteiger partial charge on any atom is -0.481 e. The summed E-state index contributed by atoms with van der Waals surface area (Å²) in [5.41, 5.74) is 0. The number of hydrogen-bond acceptors (Lipinski definition) is 3. The number of carbonyl (C=O) groups excluding carboxylic acids is 1. The Balaban J connectivity index is 2.19. The van der Waals surface area contributed by atoms with E-state index in [0.29, 0.717) is 19.3 Å². The Morgan fingerprint density at radius 2 is 1.89 bits per heavy atom. The summed E-state index contributed by atoms with van der Waals surface area (Å²) in [6.45, 7) is 0. The molecule has 1 saturated carbocycles. The van der Waals surface area contributed by atoms with Crippen LogP contribution >= 0.6 is 0 Å². The second-order valence-electron chi connectivity index (χ2n) is 4.83. The van der Waals surface area contributed by atoms with Gasteiger partial charge in [-0.1, -0.05) is 12.8 Å². The summed E-state index contributed by atoms with van der Waals surface area (Å²) in [5.74, 6) is -0.795. The fourth-order valence-electron chi connectivity index (χ4n) is 2.38. The molecule has 1 amide bonds. The average Bonchev–Trinajstić information content (AvgIpc) is 2.35. The van der Waals surface area contributed by atoms with Gasteiger partial charge in [0, 0.05) is 20.0 Å². The van der Waals surface area contributed by atoms with Gasteiger partial charge in [-0.15, -0.1) is 0 Å². The first-order chi connectivity index (χ1) is 8.63. The van der Waals surface area contributed by atoms with Crippen LogP contribution in [-0.2, 0) is 14.3 Å². The van der Waals surface area contributed by atoms with Gasteiger partial charge in [0.25, 0.3) is 0 Å². The Morgan fingerprint density at radius 1 is 1.22 bits per heavy atom. The number of aliphatic carboxylic acids is 1. The van der Waals surface area contributed by atoms with Crippen molar-refractivity contribution in [1.29, 1.82) is 0 Å². The van der Waals surface area contributed by atoms with Crippen LogP contribution in [0.3, 0.4) is 0 Å². The second-order valence-corrected chi connectivity index (χ2v) is 4.83. The van der Waals surface area contributed by atoms with Gasteiger partial charge >= 0.3 is 5.97 Å². The molecule has 0 heterocycles. The molecule has 0 unspecified atom stereocenters. The predicted molar refractivity (Wildman–Crippen MR) is 67.3 cm³/mol. The number of ether oxygens (including phenoxy) is 1. The quantitative estimate of drug-likeness (QED) is 0.681. The van der Waals surface area contributed by atoms with Gasteiger partial charge in [-0.25, -0.2) is 0 Å². The highest BCUT2D eigenvalue weighted by atomic mass is 16.5. The molecule has 0 radical (unpaired) electrons. The molecule has 1 rings (SSSR count). The third-order valence-electron chi connectivity index (χ3n) is 3.40. The zero-order chi connectivity index (χ0) is 13.4. The van der Waals surface area contributed by atoms with E-state index in [1.54, 1.807) is 7.11 Å². The van der Waals surface area contributed by atoms with Crippen LogP contribution in [0, 0.1) is 0 Å². The zero-order valence-corrected chi connectivity index (χ0v) is 11.0. The van der Waals surface area contributed by atoms with Crippen LogP contribution < -0.4 is 5.32 Å². The molecular formula is C13H23NO4. The lowest BCUT2D eigenvalue weighted by atomic mass is 9.92. The van der Waals surface area contributed by atoms with Crippen LogP contribution in [0.5, 0.6) is 0 Å². The fourth-order valence-corrected chi connectivity index (χ4v) is 2.38. The summed E-state index contributed by atoms with van der Waals surface area (Å²) in [6.07, 6.45) is 6.11. The topological polar surface area (TPSA) is 75.6 Å². The number of methoxy groups -OCH3 is 1. The lowest BCUT2D eigenvalue weighted by molar-refractivity contribution is -0.137. The predicted octanol–water partition coefficient (Wildman–Crippen LogP) is 1.71. The van der Waals surface area contributed by atoms with Crippen molar-refractivity contribution in [3.8, 4) is 0 Å². The third-order valence-corrected chi connectivity index (χ3v) is 3.40. The Hall–Kier alpha value is -1.10. The van der Waals surface area contributed by atoms with E-state index < -0.39 is 5.97 Å². The van der Waals surface area contributed by atoms with Crippen LogP contribution in [0.1, 0.15) is 51.4 Å². The smallest absolute Gasteiger partial charge is 0.303 e. The molecule has 1 fully saturated rings. The summed E-state index contributed by atoms with van der Waals surface area (Å²) in [4.78, 5) is 22.0. The number of carbonyl (C=O) groups is 2. The normalized spacial score (nSPS) is 23.6. The molecule has 2 N–H and O–H groups in total. The van der Waals surface area contributed by atoms with Gasteiger partial charge in [-0.05, 0) is 25.7 Å². The lowest BCUT2D eigenvalue weighted by Crippen LogP contribution is -2.45. The van der Waals surface area contributed by atoms with Gasteiger partial charge in [-0.2, -0.15) is 0 Å². The first-order valence-electron chi connectivity index (χ1n) is 6.67. The molecule has 0 aliphatic heterocycles. The van der Waals surface area contributed by atoms with E-state index >= 15 is 0 Å². The van der Waals surface area contributed by atoms with Gasteiger partial charge in [-0.3, -0.25) is 9.59 Å². The van der Waals surface area contributed by atoms with Gasteiger partial charge in [0.2, 0.25) is 5.91 Å². The van der Waals surface area contributed by atoms with Crippen molar-refractivity contribution in [1.82, 2.24) is 5.32 Å². The van der Waals surface area contributed by atoms with Crippen molar-refractivity contribution in [2.45, 2.75) is 63.5 Å². The molecule has 0 aromatic carbocycles. The highest BCUT2D eigenvalue weighted by molar-refractivity contribution is 5.76. The average molecular weight is 257 g/mol. The monoisotopic (exact) mass is 257 g/mol. The standard InChI is InChI=1S/C13H23NO4/c1-18-11-7-3-2-6-10(11)14-12(15)8-4-5-9-13(16)17/h10-11H,2-9H2,1H3,(H,14,15)(H,16,17)/t10-,11-/m0/s1. The van der Waals surface area contributed by atoms with Crippen molar-refractivity contribution >= 4 is 11.9 Å². The van der Waals surface area contributed by atoms with E-state index in [4.69, 9.17) is 9.84 Å². The number of carboxylic acids is 1. The summed E-state index contributed by atoms with van der Waals surface area (Å²) in [5, 5.41) is 11.5.